The molecule has 122 valence electrons. The van der Waals surface area contributed by atoms with Crippen LogP contribution >= 0.6 is 11.6 Å². The standard InChI is InChI=1S/C19H17ClN2O2/c1-3-24-17-10-14(9-16(20)11-17)8-15(12-21)19(23)22-18-7-5-4-6-13(18)2/h4-11H,3H2,1-2H3,(H,22,23)/b15-8+. The fourth-order valence-corrected chi connectivity index (χ4v) is 2.37. The fourth-order valence-electron chi connectivity index (χ4n) is 2.14. The highest BCUT2D eigenvalue weighted by Crippen LogP contribution is 2.23. The lowest BCUT2D eigenvalue weighted by Gasteiger charge is -2.08. The molecule has 24 heavy (non-hydrogen) atoms. The number of benzene rings is 2. The van der Waals surface area contributed by atoms with Gasteiger partial charge in [0.25, 0.3) is 5.91 Å². The summed E-state index contributed by atoms with van der Waals surface area (Å²) in [6.45, 7) is 4.26. The molecule has 1 N–H and O–H groups in total. The Morgan fingerprint density at radius 1 is 1.33 bits per heavy atom. The average Bonchev–Trinajstić information content (AvgIpc) is 2.54. The van der Waals surface area contributed by atoms with E-state index in [9.17, 15) is 10.1 Å². The van der Waals surface area contributed by atoms with Gasteiger partial charge in [0.05, 0.1) is 6.61 Å². The fraction of sp³-hybridized carbons (Fsp3) is 0.158. The van der Waals surface area contributed by atoms with Crippen LogP contribution in [-0.4, -0.2) is 12.5 Å². The third kappa shape index (κ3) is 4.61. The number of nitriles is 1. The molecule has 2 aromatic rings. The summed E-state index contributed by atoms with van der Waals surface area (Å²) in [5.74, 6) is 0.123. The zero-order valence-electron chi connectivity index (χ0n) is 13.5. The minimum atomic E-state index is -0.468. The molecule has 0 fully saturated rings. The van der Waals surface area contributed by atoms with Crippen LogP contribution in [0.1, 0.15) is 18.1 Å². The number of hydrogen-bond donors (Lipinski definition) is 1. The van der Waals surface area contributed by atoms with E-state index in [1.807, 2.05) is 38.1 Å². The largest absolute Gasteiger partial charge is 0.494 e. The summed E-state index contributed by atoms with van der Waals surface area (Å²) >= 11 is 6.05. The second-order valence-electron chi connectivity index (χ2n) is 5.09. The van der Waals surface area contributed by atoms with Crippen molar-refractivity contribution in [3.8, 4) is 11.8 Å². The van der Waals surface area contributed by atoms with Crippen LogP contribution in [0.3, 0.4) is 0 Å². The lowest BCUT2D eigenvalue weighted by molar-refractivity contribution is -0.112. The van der Waals surface area contributed by atoms with Gasteiger partial charge in [-0.1, -0.05) is 29.8 Å². The van der Waals surface area contributed by atoms with Gasteiger partial charge in [-0.3, -0.25) is 4.79 Å². The van der Waals surface area contributed by atoms with Crippen LogP contribution in [0.5, 0.6) is 5.75 Å². The van der Waals surface area contributed by atoms with Crippen molar-refractivity contribution in [2.45, 2.75) is 13.8 Å². The first kappa shape index (κ1) is 17.6. The molecule has 0 heterocycles. The summed E-state index contributed by atoms with van der Waals surface area (Å²) in [7, 11) is 0. The van der Waals surface area contributed by atoms with Gasteiger partial charge < -0.3 is 10.1 Å². The van der Waals surface area contributed by atoms with Crippen LogP contribution in [0.4, 0.5) is 5.69 Å². The maximum Gasteiger partial charge on any atom is 0.266 e. The molecule has 0 aliphatic carbocycles. The Morgan fingerprint density at radius 2 is 2.08 bits per heavy atom. The SMILES string of the molecule is CCOc1cc(Cl)cc(/C=C(\C#N)C(=O)Nc2ccccc2C)c1. The topological polar surface area (TPSA) is 62.1 Å². The van der Waals surface area contributed by atoms with Crippen molar-refractivity contribution in [3.05, 3.63) is 64.2 Å². The second kappa shape index (κ2) is 8.19. The van der Waals surface area contributed by atoms with Gasteiger partial charge in [-0.2, -0.15) is 5.26 Å². The maximum absolute atomic E-state index is 12.3. The van der Waals surface area contributed by atoms with Crippen LogP contribution in [0.25, 0.3) is 6.08 Å². The number of carbonyl (C=O) groups is 1. The normalized spacial score (nSPS) is 10.8. The molecular weight excluding hydrogens is 324 g/mol. The monoisotopic (exact) mass is 340 g/mol. The molecular formula is C19H17ClN2O2. The first-order valence-corrected chi connectivity index (χ1v) is 7.83. The molecule has 0 bridgehead atoms. The average molecular weight is 341 g/mol. The smallest absolute Gasteiger partial charge is 0.266 e. The van der Waals surface area contributed by atoms with E-state index in [4.69, 9.17) is 16.3 Å². The van der Waals surface area contributed by atoms with Crippen molar-refractivity contribution >= 4 is 29.3 Å². The van der Waals surface area contributed by atoms with E-state index in [0.717, 1.165) is 5.56 Å². The molecule has 0 saturated carbocycles. The Bertz CT molecular complexity index is 822. The van der Waals surface area contributed by atoms with Crippen LogP contribution < -0.4 is 10.1 Å². The number of halogens is 1. The number of rotatable bonds is 5. The Kier molecular flexibility index (Phi) is 6.00. The van der Waals surface area contributed by atoms with Gasteiger partial charge in [0.15, 0.2) is 0 Å². The van der Waals surface area contributed by atoms with E-state index in [2.05, 4.69) is 5.32 Å². The molecule has 0 saturated heterocycles. The Labute approximate surface area is 146 Å². The van der Waals surface area contributed by atoms with Gasteiger partial charge in [0.2, 0.25) is 0 Å². The molecule has 2 aromatic carbocycles. The highest BCUT2D eigenvalue weighted by molar-refractivity contribution is 6.30. The minimum absolute atomic E-state index is 0.0111. The summed E-state index contributed by atoms with van der Waals surface area (Å²) in [6.07, 6.45) is 1.49. The lowest BCUT2D eigenvalue weighted by Crippen LogP contribution is -2.14. The number of anilines is 1. The summed E-state index contributed by atoms with van der Waals surface area (Å²) in [6, 6.07) is 14.4. The Morgan fingerprint density at radius 3 is 2.75 bits per heavy atom. The van der Waals surface area contributed by atoms with Crippen molar-refractivity contribution in [2.75, 3.05) is 11.9 Å². The zero-order chi connectivity index (χ0) is 17.5. The summed E-state index contributed by atoms with van der Waals surface area (Å²) in [4.78, 5) is 12.3. The third-order valence-corrected chi connectivity index (χ3v) is 3.49. The third-order valence-electron chi connectivity index (χ3n) is 3.27. The maximum atomic E-state index is 12.3. The van der Waals surface area contributed by atoms with Gasteiger partial charge >= 0.3 is 0 Å². The van der Waals surface area contributed by atoms with Gasteiger partial charge in [0, 0.05) is 10.7 Å². The van der Waals surface area contributed by atoms with E-state index >= 15 is 0 Å². The van der Waals surface area contributed by atoms with E-state index in [1.165, 1.54) is 6.08 Å². The Hall–Kier alpha value is -2.77. The van der Waals surface area contributed by atoms with Crippen molar-refractivity contribution in [3.63, 3.8) is 0 Å². The molecule has 0 aliphatic heterocycles. The molecule has 0 unspecified atom stereocenters. The quantitative estimate of drug-likeness (QED) is 0.639. The van der Waals surface area contributed by atoms with E-state index in [1.54, 1.807) is 24.3 Å². The number of ether oxygens (including phenoxy) is 1. The van der Waals surface area contributed by atoms with Crippen LogP contribution in [-0.2, 0) is 4.79 Å². The van der Waals surface area contributed by atoms with Crippen LogP contribution in [0.2, 0.25) is 5.02 Å². The molecule has 0 radical (unpaired) electrons. The number of aryl methyl sites for hydroxylation is 1. The number of para-hydroxylation sites is 1. The predicted octanol–water partition coefficient (Wildman–Crippen LogP) is 4.59. The first-order valence-electron chi connectivity index (χ1n) is 7.45. The molecule has 0 aromatic heterocycles. The summed E-state index contributed by atoms with van der Waals surface area (Å²) in [5, 5.41) is 12.5. The molecule has 0 aliphatic rings. The van der Waals surface area contributed by atoms with Gasteiger partial charge in [-0.25, -0.2) is 0 Å². The van der Waals surface area contributed by atoms with Crippen LogP contribution in [0, 0.1) is 18.3 Å². The van der Waals surface area contributed by atoms with Gasteiger partial charge in [0.1, 0.15) is 17.4 Å². The molecule has 5 heteroatoms. The molecule has 1 amide bonds. The number of nitrogens with one attached hydrogen (secondary N) is 1. The minimum Gasteiger partial charge on any atom is -0.494 e. The van der Waals surface area contributed by atoms with Crippen molar-refractivity contribution < 1.29 is 9.53 Å². The number of hydrogen-bond acceptors (Lipinski definition) is 3. The molecule has 0 atom stereocenters. The van der Waals surface area contributed by atoms with Gasteiger partial charge in [-0.05, 0) is 55.3 Å². The summed E-state index contributed by atoms with van der Waals surface area (Å²) < 4.78 is 5.42. The number of amides is 1. The van der Waals surface area contributed by atoms with E-state index < -0.39 is 5.91 Å². The Balaban J connectivity index is 2.27. The first-order chi connectivity index (χ1) is 11.5. The van der Waals surface area contributed by atoms with E-state index in [-0.39, 0.29) is 5.57 Å². The van der Waals surface area contributed by atoms with E-state index in [0.29, 0.717) is 28.6 Å². The zero-order valence-corrected chi connectivity index (χ0v) is 14.2. The molecule has 0 spiro atoms. The highest BCUT2D eigenvalue weighted by Gasteiger charge is 2.11. The second-order valence-corrected chi connectivity index (χ2v) is 5.53. The van der Waals surface area contributed by atoms with Gasteiger partial charge in [-0.15, -0.1) is 0 Å². The summed E-state index contributed by atoms with van der Waals surface area (Å²) in [5.41, 5.74) is 2.21. The lowest BCUT2D eigenvalue weighted by atomic mass is 10.1. The van der Waals surface area contributed by atoms with Crippen LogP contribution in [0.15, 0.2) is 48.0 Å². The molecule has 2 rings (SSSR count). The number of carbonyl (C=O) groups excluding carboxylic acids is 1. The predicted molar refractivity (Wildman–Crippen MR) is 96.0 cm³/mol. The number of nitrogens with zero attached hydrogens (tertiary/aromatic N) is 1. The van der Waals surface area contributed by atoms with Crippen molar-refractivity contribution in [1.82, 2.24) is 0 Å². The van der Waals surface area contributed by atoms with Crippen molar-refractivity contribution in [1.29, 1.82) is 5.26 Å². The molecule has 4 nitrogen and oxygen atoms in total. The highest BCUT2D eigenvalue weighted by atomic mass is 35.5. The van der Waals surface area contributed by atoms with Crippen molar-refractivity contribution in [2.24, 2.45) is 0 Å².